The topological polar surface area (TPSA) is 122 Å². The Balaban J connectivity index is 1.67. The minimum absolute atomic E-state index is 0.0238. The van der Waals surface area contributed by atoms with Gasteiger partial charge >= 0.3 is 17.8 Å². The Bertz CT molecular complexity index is 1530. The molecule has 1 atom stereocenters. The third-order valence-corrected chi connectivity index (χ3v) is 7.64. The summed E-state index contributed by atoms with van der Waals surface area (Å²) < 4.78 is 65.3. The Kier molecular flexibility index (Phi) is 12.0. The number of nitrogens with one attached hydrogen (secondary N) is 1. The van der Waals surface area contributed by atoms with Gasteiger partial charge in [0.05, 0.1) is 6.42 Å². The molecule has 0 aliphatic carbocycles. The Morgan fingerprint density at radius 2 is 1.50 bits per heavy atom. The van der Waals surface area contributed by atoms with Crippen LogP contribution < -0.4 is 15.0 Å². The minimum atomic E-state index is -1.86. The van der Waals surface area contributed by atoms with E-state index < -0.39 is 89.1 Å². The maximum absolute atomic E-state index is 14.1. The van der Waals surface area contributed by atoms with E-state index in [1.54, 1.807) is 32.9 Å². The molecule has 1 unspecified atom stereocenters. The van der Waals surface area contributed by atoms with E-state index in [-0.39, 0.29) is 37.4 Å². The molecule has 1 saturated heterocycles. The van der Waals surface area contributed by atoms with Gasteiger partial charge in [0.2, 0.25) is 17.5 Å². The number of ketones is 1. The molecule has 0 radical (unpaired) electrons. The van der Waals surface area contributed by atoms with Crippen LogP contribution in [0.5, 0.6) is 5.75 Å². The van der Waals surface area contributed by atoms with Crippen LogP contribution in [0.25, 0.3) is 0 Å². The number of hydrogen-bond donors (Lipinski definition) is 1. The average Bonchev–Trinajstić information content (AvgIpc) is 3.01. The Hall–Kier alpha value is -4.49. The fraction of sp³-hybridized carbons (Fsp3) is 0.500. The highest BCUT2D eigenvalue weighted by molar-refractivity contribution is 6.40. The number of amides is 3. The zero-order valence-corrected chi connectivity index (χ0v) is 28.0. The molecule has 1 heterocycles. The molecule has 0 bridgehead atoms. The van der Waals surface area contributed by atoms with Crippen molar-refractivity contribution in [2.45, 2.75) is 77.9 Å². The zero-order valence-electron chi connectivity index (χ0n) is 28.0. The molecule has 2 aromatic rings. The van der Waals surface area contributed by atoms with E-state index in [4.69, 9.17) is 9.47 Å². The van der Waals surface area contributed by atoms with Gasteiger partial charge in [-0.3, -0.25) is 24.0 Å². The zero-order chi connectivity index (χ0) is 36.1. The minimum Gasteiger partial charge on any atom is -0.479 e. The maximum atomic E-state index is 14.1. The van der Waals surface area contributed by atoms with Gasteiger partial charge in [-0.15, -0.1) is 0 Å². The molecule has 0 aromatic heterocycles. The number of carbonyl (C=O) groups excluding carboxylic acids is 5. The van der Waals surface area contributed by atoms with Crippen LogP contribution in [0.15, 0.2) is 30.3 Å². The predicted molar refractivity (Wildman–Crippen MR) is 167 cm³/mol. The number of rotatable bonds is 9. The second-order valence-corrected chi connectivity index (χ2v) is 13.6. The Labute approximate surface area is 276 Å². The molecule has 1 aliphatic rings. The number of carbonyl (C=O) groups is 5. The molecule has 48 heavy (non-hydrogen) atoms. The van der Waals surface area contributed by atoms with Crippen LogP contribution in [0.2, 0.25) is 0 Å². The van der Waals surface area contributed by atoms with Crippen molar-refractivity contribution >= 4 is 35.2 Å². The molecule has 0 spiro atoms. The molecule has 10 nitrogen and oxygen atoms in total. The third kappa shape index (κ3) is 9.54. The van der Waals surface area contributed by atoms with Crippen molar-refractivity contribution in [3.8, 4) is 5.75 Å². The van der Waals surface area contributed by atoms with E-state index in [1.807, 2.05) is 32.9 Å². The van der Waals surface area contributed by atoms with Crippen molar-refractivity contribution in [1.82, 2.24) is 10.2 Å². The van der Waals surface area contributed by atoms with Gasteiger partial charge in [-0.25, -0.2) is 8.78 Å². The summed E-state index contributed by atoms with van der Waals surface area (Å²) >= 11 is 0. The Morgan fingerprint density at radius 1 is 0.938 bits per heavy atom. The fourth-order valence-corrected chi connectivity index (χ4v) is 5.14. The molecular weight excluding hydrogens is 638 g/mol. The quantitative estimate of drug-likeness (QED) is 0.178. The number of ether oxygens (including phenoxy) is 2. The number of likely N-dealkylation sites (N-methyl/N-ethyl adjacent to an activating group) is 1. The first-order chi connectivity index (χ1) is 22.2. The number of Topliss-reactive ketones (excluding diaryl/α,β-unsaturated/α-hetero) is 1. The van der Waals surface area contributed by atoms with Crippen molar-refractivity contribution in [1.29, 1.82) is 0 Å². The third-order valence-electron chi connectivity index (χ3n) is 7.64. The summed E-state index contributed by atoms with van der Waals surface area (Å²) in [5.41, 5.74) is 0.230. The van der Waals surface area contributed by atoms with Crippen LogP contribution in [0.4, 0.5) is 23.2 Å². The monoisotopic (exact) mass is 679 g/mol. The van der Waals surface area contributed by atoms with Crippen LogP contribution in [0.3, 0.4) is 0 Å². The number of halogens is 4. The van der Waals surface area contributed by atoms with E-state index in [0.717, 1.165) is 5.56 Å². The second-order valence-electron chi connectivity index (χ2n) is 13.6. The normalized spacial score (nSPS) is 14.6. The first kappa shape index (κ1) is 38.0. The molecule has 2 aromatic carbocycles. The van der Waals surface area contributed by atoms with Gasteiger partial charge in [0.25, 0.3) is 0 Å². The summed E-state index contributed by atoms with van der Waals surface area (Å²) in [6.07, 6.45) is -0.437. The highest BCUT2D eigenvalue weighted by atomic mass is 19.2. The van der Waals surface area contributed by atoms with Gasteiger partial charge in [-0.05, 0) is 50.7 Å². The van der Waals surface area contributed by atoms with E-state index in [1.165, 1.54) is 16.8 Å². The molecule has 3 amide bonds. The average molecular weight is 680 g/mol. The summed E-state index contributed by atoms with van der Waals surface area (Å²) in [6, 6.07) is 5.65. The van der Waals surface area contributed by atoms with Crippen LogP contribution in [0, 0.1) is 29.2 Å². The smallest absolute Gasteiger partial charge is 0.316 e. The lowest BCUT2D eigenvalue weighted by Crippen LogP contribution is -2.51. The molecule has 262 valence electrons. The number of likely N-dealkylation sites (tertiary alicyclic amines) is 1. The first-order valence-corrected chi connectivity index (χ1v) is 15.4. The molecule has 1 fully saturated rings. The van der Waals surface area contributed by atoms with E-state index in [2.05, 4.69) is 5.32 Å². The van der Waals surface area contributed by atoms with Gasteiger partial charge < -0.3 is 24.6 Å². The highest BCUT2D eigenvalue weighted by Crippen LogP contribution is 2.32. The van der Waals surface area contributed by atoms with Crippen molar-refractivity contribution in [3.05, 3.63) is 59.2 Å². The van der Waals surface area contributed by atoms with Crippen LogP contribution >= 0.6 is 0 Å². The highest BCUT2D eigenvalue weighted by Gasteiger charge is 2.35. The van der Waals surface area contributed by atoms with Crippen molar-refractivity contribution < 1.29 is 51.0 Å². The summed E-state index contributed by atoms with van der Waals surface area (Å²) in [5, 5.41) is 2.43. The molecule has 1 aliphatic heterocycles. The molecule has 1 N–H and O–H groups in total. The summed E-state index contributed by atoms with van der Waals surface area (Å²) in [5.74, 6) is -13.5. The summed E-state index contributed by atoms with van der Waals surface area (Å²) in [4.78, 5) is 67.8. The van der Waals surface area contributed by atoms with Crippen molar-refractivity contribution in [3.63, 3.8) is 0 Å². The lowest BCUT2D eigenvalue weighted by atomic mass is 9.85. The van der Waals surface area contributed by atoms with Gasteiger partial charge in [-0.2, -0.15) is 8.78 Å². The standard InChI is InChI=1S/C34H41F4N3O7/c1-33(2,3)20-10-8-9-11-24(20)40(7)31(45)32(46)41-14-12-19(13-15-41)30(44)39-23(17-26(43)48-34(4,5)6)25(42)18-47-29-27(37)21(35)16-22(36)28(29)38/h8-11,16,19,23H,12-15,17-18H2,1-7H3,(H,39,44). The van der Waals surface area contributed by atoms with Gasteiger partial charge in [0, 0.05) is 37.8 Å². The van der Waals surface area contributed by atoms with Crippen LogP contribution in [-0.2, 0) is 34.1 Å². The van der Waals surface area contributed by atoms with Crippen LogP contribution in [0.1, 0.15) is 66.4 Å². The fourth-order valence-electron chi connectivity index (χ4n) is 5.14. The summed E-state index contributed by atoms with van der Waals surface area (Å²) in [7, 11) is 1.52. The van der Waals surface area contributed by atoms with Crippen LogP contribution in [-0.4, -0.2) is 72.8 Å². The van der Waals surface area contributed by atoms with Crippen molar-refractivity contribution in [2.75, 3.05) is 31.6 Å². The molecule has 0 saturated carbocycles. The molecule has 14 heteroatoms. The van der Waals surface area contributed by atoms with Crippen molar-refractivity contribution in [2.24, 2.45) is 5.92 Å². The number of anilines is 1. The second kappa shape index (κ2) is 15.2. The maximum Gasteiger partial charge on any atom is 0.316 e. The van der Waals surface area contributed by atoms with E-state index in [9.17, 15) is 41.5 Å². The molecular formula is C34H41F4N3O7. The SMILES string of the molecule is CN(C(=O)C(=O)N1CCC(C(=O)NC(CC(=O)OC(C)(C)C)C(=O)COc2c(F)c(F)cc(F)c2F)CC1)c1ccccc1C(C)(C)C. The van der Waals surface area contributed by atoms with Gasteiger partial charge in [-0.1, -0.05) is 39.0 Å². The largest absolute Gasteiger partial charge is 0.479 e. The lowest BCUT2D eigenvalue weighted by Gasteiger charge is -2.33. The number of hydrogen-bond acceptors (Lipinski definition) is 7. The van der Waals surface area contributed by atoms with E-state index in [0.29, 0.717) is 5.69 Å². The number of benzene rings is 2. The number of nitrogens with zero attached hydrogens (tertiary/aromatic N) is 2. The predicted octanol–water partition coefficient (Wildman–Crippen LogP) is 4.61. The Morgan fingerprint density at radius 3 is 2.04 bits per heavy atom. The summed E-state index contributed by atoms with van der Waals surface area (Å²) in [6.45, 7) is 9.66. The lowest BCUT2D eigenvalue weighted by molar-refractivity contribution is -0.156. The van der Waals surface area contributed by atoms with Gasteiger partial charge in [0.15, 0.2) is 23.2 Å². The first-order valence-electron chi connectivity index (χ1n) is 15.4. The van der Waals surface area contributed by atoms with E-state index >= 15 is 0 Å². The van der Waals surface area contributed by atoms with Gasteiger partial charge in [0.1, 0.15) is 18.2 Å². The molecule has 3 rings (SSSR count). The number of esters is 1. The number of piperidine rings is 1. The number of para-hydroxylation sites is 1.